The highest BCUT2D eigenvalue weighted by Crippen LogP contribution is 2.19. The van der Waals surface area contributed by atoms with Crippen LogP contribution in [0.15, 0.2) is 18.3 Å². The van der Waals surface area contributed by atoms with E-state index in [1.54, 1.807) is 6.07 Å². The fraction of sp³-hybridized carbons (Fsp3) is 0.333. The molecule has 0 aliphatic carbocycles. The van der Waals surface area contributed by atoms with Crippen molar-refractivity contribution < 1.29 is 4.79 Å². The molecule has 0 aliphatic heterocycles. The lowest BCUT2D eigenvalue weighted by atomic mass is 10.1. The predicted octanol–water partition coefficient (Wildman–Crippen LogP) is 3.04. The Bertz CT molecular complexity index is 585. The van der Waals surface area contributed by atoms with Crippen LogP contribution in [0, 0.1) is 5.92 Å². The Morgan fingerprint density at radius 3 is 2.95 bits per heavy atom. The Hall–Kier alpha value is -1.53. The van der Waals surface area contributed by atoms with Gasteiger partial charge in [-0.3, -0.25) is 10.1 Å². The summed E-state index contributed by atoms with van der Waals surface area (Å²) in [6, 6.07) is 3.10. The Morgan fingerprint density at radius 1 is 1.47 bits per heavy atom. The molecule has 2 aromatic heterocycles. The summed E-state index contributed by atoms with van der Waals surface area (Å²) in [6.45, 7) is 4.22. The molecule has 100 valence electrons. The minimum absolute atomic E-state index is 0.267. The van der Waals surface area contributed by atoms with Crippen molar-refractivity contribution in [2.75, 3.05) is 5.32 Å². The number of carbonyl (C=O) groups is 1. The predicted molar refractivity (Wildman–Crippen MR) is 75.7 cm³/mol. The Morgan fingerprint density at radius 2 is 2.26 bits per heavy atom. The molecule has 1 N–H and O–H groups in total. The summed E-state index contributed by atoms with van der Waals surface area (Å²) in [5.74, 6) is 0.243. The van der Waals surface area contributed by atoms with Crippen LogP contribution < -0.4 is 5.32 Å². The second-order valence-corrected chi connectivity index (χ2v) is 5.87. The number of nitrogens with one attached hydrogen (secondary N) is 1. The maximum absolute atomic E-state index is 11.9. The summed E-state index contributed by atoms with van der Waals surface area (Å²) in [4.78, 5) is 15.8. The number of anilines is 1. The van der Waals surface area contributed by atoms with Crippen LogP contribution in [-0.2, 0) is 6.42 Å². The van der Waals surface area contributed by atoms with Crippen molar-refractivity contribution in [2.24, 2.45) is 5.92 Å². The molecular formula is C12H13ClN4OS. The first-order valence-corrected chi connectivity index (χ1v) is 6.99. The van der Waals surface area contributed by atoms with E-state index in [1.165, 1.54) is 23.6 Å². The lowest BCUT2D eigenvalue weighted by Gasteiger charge is -2.00. The number of hydrogen-bond acceptors (Lipinski definition) is 5. The van der Waals surface area contributed by atoms with Gasteiger partial charge < -0.3 is 0 Å². The molecule has 0 saturated heterocycles. The summed E-state index contributed by atoms with van der Waals surface area (Å²) < 4.78 is 0. The number of halogens is 1. The molecule has 19 heavy (non-hydrogen) atoms. The highest BCUT2D eigenvalue weighted by molar-refractivity contribution is 7.15. The highest BCUT2D eigenvalue weighted by atomic mass is 35.5. The minimum Gasteiger partial charge on any atom is -0.296 e. The normalized spacial score (nSPS) is 10.7. The van der Waals surface area contributed by atoms with Crippen LogP contribution in [-0.4, -0.2) is 21.1 Å². The molecule has 0 atom stereocenters. The summed E-state index contributed by atoms with van der Waals surface area (Å²) >= 11 is 7.12. The maximum atomic E-state index is 11.9. The molecule has 0 radical (unpaired) electrons. The highest BCUT2D eigenvalue weighted by Gasteiger charge is 2.11. The van der Waals surface area contributed by atoms with Gasteiger partial charge in [-0.05, 0) is 18.1 Å². The quantitative estimate of drug-likeness (QED) is 0.881. The van der Waals surface area contributed by atoms with Gasteiger partial charge in [-0.1, -0.05) is 36.8 Å². The summed E-state index contributed by atoms with van der Waals surface area (Å²) in [7, 11) is 0. The van der Waals surface area contributed by atoms with E-state index >= 15 is 0 Å². The summed E-state index contributed by atoms with van der Waals surface area (Å²) in [5.41, 5.74) is 0.445. The van der Waals surface area contributed by atoms with Crippen LogP contribution in [0.1, 0.15) is 29.2 Å². The summed E-state index contributed by atoms with van der Waals surface area (Å²) in [5, 5.41) is 12.4. The molecule has 0 aliphatic rings. The number of hydrogen-bond donors (Lipinski definition) is 1. The van der Waals surface area contributed by atoms with Crippen molar-refractivity contribution in [3.8, 4) is 0 Å². The molecule has 2 rings (SSSR count). The van der Waals surface area contributed by atoms with Crippen molar-refractivity contribution in [3.63, 3.8) is 0 Å². The number of nitrogens with zero attached hydrogens (tertiary/aromatic N) is 3. The SMILES string of the molecule is CC(C)Cc1nnc(NC(=O)c2ccnc(Cl)c2)s1. The molecule has 2 heterocycles. The van der Waals surface area contributed by atoms with Crippen molar-refractivity contribution in [1.29, 1.82) is 0 Å². The number of carbonyl (C=O) groups excluding carboxylic acids is 1. The van der Waals surface area contributed by atoms with Crippen molar-refractivity contribution in [1.82, 2.24) is 15.2 Å². The smallest absolute Gasteiger partial charge is 0.257 e. The fourth-order valence-corrected chi connectivity index (χ4v) is 2.57. The van der Waals surface area contributed by atoms with Crippen LogP contribution >= 0.6 is 22.9 Å². The third-order valence-electron chi connectivity index (χ3n) is 2.26. The number of rotatable bonds is 4. The molecule has 2 aromatic rings. The van der Waals surface area contributed by atoms with E-state index in [0.717, 1.165) is 11.4 Å². The Balaban J connectivity index is 2.05. The first-order valence-electron chi connectivity index (χ1n) is 5.80. The lowest BCUT2D eigenvalue weighted by molar-refractivity contribution is 0.102. The van der Waals surface area contributed by atoms with Gasteiger partial charge in [0.15, 0.2) is 0 Å². The van der Waals surface area contributed by atoms with Crippen LogP contribution in [0.25, 0.3) is 0 Å². The van der Waals surface area contributed by atoms with E-state index < -0.39 is 0 Å². The topological polar surface area (TPSA) is 67.8 Å². The Kier molecular flexibility index (Phi) is 4.44. The molecule has 0 unspecified atom stereocenters. The molecule has 7 heteroatoms. The Labute approximate surface area is 120 Å². The van der Waals surface area contributed by atoms with E-state index in [9.17, 15) is 4.79 Å². The van der Waals surface area contributed by atoms with Gasteiger partial charge >= 0.3 is 0 Å². The zero-order valence-electron chi connectivity index (χ0n) is 10.6. The average molecular weight is 297 g/mol. The first-order chi connectivity index (χ1) is 9.04. The van der Waals surface area contributed by atoms with Gasteiger partial charge in [0.25, 0.3) is 5.91 Å². The molecular weight excluding hydrogens is 284 g/mol. The van der Waals surface area contributed by atoms with Crippen LogP contribution in [0.5, 0.6) is 0 Å². The second kappa shape index (κ2) is 6.08. The third-order valence-corrected chi connectivity index (χ3v) is 3.33. The van der Waals surface area contributed by atoms with E-state index in [1.807, 2.05) is 0 Å². The second-order valence-electron chi connectivity index (χ2n) is 4.42. The van der Waals surface area contributed by atoms with Crippen molar-refractivity contribution in [3.05, 3.63) is 34.1 Å². The lowest BCUT2D eigenvalue weighted by Crippen LogP contribution is -2.11. The fourth-order valence-electron chi connectivity index (χ4n) is 1.45. The standard InChI is InChI=1S/C12H13ClN4OS/c1-7(2)5-10-16-17-12(19-10)15-11(18)8-3-4-14-9(13)6-8/h3-4,6-7H,5H2,1-2H3,(H,15,17,18). The van der Waals surface area contributed by atoms with Crippen LogP contribution in [0.4, 0.5) is 5.13 Å². The zero-order chi connectivity index (χ0) is 13.8. The largest absolute Gasteiger partial charge is 0.296 e. The van der Waals surface area contributed by atoms with Crippen molar-refractivity contribution >= 4 is 34.0 Å². The minimum atomic E-state index is -0.267. The van der Waals surface area contributed by atoms with E-state index in [4.69, 9.17) is 11.6 Å². The van der Waals surface area contributed by atoms with Crippen LogP contribution in [0.3, 0.4) is 0 Å². The van der Waals surface area contributed by atoms with Gasteiger partial charge in [0, 0.05) is 18.2 Å². The van der Waals surface area contributed by atoms with Gasteiger partial charge in [0.2, 0.25) is 5.13 Å². The molecule has 0 aromatic carbocycles. The molecule has 0 fully saturated rings. The molecule has 0 saturated carbocycles. The number of pyridine rings is 1. The van der Waals surface area contributed by atoms with Crippen molar-refractivity contribution in [2.45, 2.75) is 20.3 Å². The third kappa shape index (κ3) is 3.97. The number of aromatic nitrogens is 3. The first kappa shape index (κ1) is 13.9. The molecule has 0 bridgehead atoms. The zero-order valence-corrected chi connectivity index (χ0v) is 12.1. The number of amides is 1. The van der Waals surface area contributed by atoms with E-state index in [-0.39, 0.29) is 11.1 Å². The molecule has 5 nitrogen and oxygen atoms in total. The summed E-state index contributed by atoms with van der Waals surface area (Å²) in [6.07, 6.45) is 2.34. The monoisotopic (exact) mass is 296 g/mol. The molecule has 0 spiro atoms. The van der Waals surface area contributed by atoms with Gasteiger partial charge in [0.1, 0.15) is 10.2 Å². The average Bonchev–Trinajstić information content (AvgIpc) is 2.75. The van der Waals surface area contributed by atoms with Gasteiger partial charge in [0.05, 0.1) is 0 Å². The van der Waals surface area contributed by atoms with Gasteiger partial charge in [-0.25, -0.2) is 4.98 Å². The molecule has 1 amide bonds. The van der Waals surface area contributed by atoms with Gasteiger partial charge in [-0.2, -0.15) is 0 Å². The van der Waals surface area contributed by atoms with Gasteiger partial charge in [-0.15, -0.1) is 10.2 Å². The van der Waals surface area contributed by atoms with E-state index in [2.05, 4.69) is 34.3 Å². The van der Waals surface area contributed by atoms with Crippen LogP contribution in [0.2, 0.25) is 5.15 Å². The van der Waals surface area contributed by atoms with E-state index in [0.29, 0.717) is 16.6 Å². The maximum Gasteiger partial charge on any atom is 0.257 e.